The molecule has 0 atom stereocenters. The first kappa shape index (κ1) is 10.9. The second-order valence-electron chi connectivity index (χ2n) is 0.448. The molecule has 0 rings (SSSR count). The zero-order chi connectivity index (χ0) is 6.50. The summed E-state index contributed by atoms with van der Waals surface area (Å²) in [5.41, 5.74) is 0. The fraction of sp³-hybridized carbons (Fsp3) is 0. The Hall–Kier alpha value is 0.960. The summed E-state index contributed by atoms with van der Waals surface area (Å²) in [6.07, 6.45) is 0. The standard InChI is InChI=1S/H2O4S.S.Sc/c1-5(2,3)4;;/h(H2,1,2,3,4);;. The third-order valence-corrected chi connectivity index (χ3v) is 0. The first-order valence-corrected chi connectivity index (χ1v) is 5.01. The van der Waals surface area contributed by atoms with Gasteiger partial charge in [0, 0.05) is 0 Å². The molecule has 0 spiro atoms. The quantitative estimate of drug-likeness (QED) is 0.506. The molecule has 0 aromatic rings. The van der Waals surface area contributed by atoms with E-state index in [1.165, 1.54) is 22.4 Å². The third-order valence-electron chi connectivity index (χ3n) is 0. The molecule has 0 heterocycles. The molecule has 0 fully saturated rings. The van der Waals surface area contributed by atoms with Crippen LogP contribution in [0.5, 0.6) is 0 Å². The van der Waals surface area contributed by atoms with E-state index in [9.17, 15) is 0 Å². The molecule has 0 amide bonds. The molecule has 0 bridgehead atoms. The molecule has 0 aliphatic rings. The maximum absolute atomic E-state index is 8.74. The van der Waals surface area contributed by atoms with Crippen LogP contribution in [-0.4, -0.2) is 17.5 Å². The fourth-order valence-electron chi connectivity index (χ4n) is 0. The molecular weight excluding hydrogens is 173 g/mol. The van der Waals surface area contributed by atoms with E-state index in [0.717, 1.165) is 0 Å². The topological polar surface area (TPSA) is 74.6 Å². The van der Waals surface area contributed by atoms with E-state index >= 15 is 0 Å². The molecule has 4 nitrogen and oxygen atoms in total. The maximum atomic E-state index is 8.74. The van der Waals surface area contributed by atoms with Crippen molar-refractivity contribution < 1.29 is 39.9 Å². The summed E-state index contributed by atoms with van der Waals surface area (Å²) in [4.78, 5) is 0. The monoisotopic (exact) mass is 175 g/mol. The van der Waals surface area contributed by atoms with Gasteiger partial charge in [-0.05, 0) is 0 Å². The summed E-state index contributed by atoms with van der Waals surface area (Å²) < 4.78 is 31.6. The van der Waals surface area contributed by atoms with Gasteiger partial charge in [0.05, 0.1) is 0 Å². The Morgan fingerprint density at radius 1 is 1.29 bits per heavy atom. The third kappa shape index (κ3) is 186. The van der Waals surface area contributed by atoms with Crippen molar-refractivity contribution in [2.75, 3.05) is 0 Å². The van der Waals surface area contributed by atoms with Gasteiger partial charge in [0.1, 0.15) is 0 Å². The predicted molar refractivity (Wildman–Crippen MR) is 21.8 cm³/mol. The fourth-order valence-corrected chi connectivity index (χ4v) is 0. The molecule has 7 heteroatoms. The summed E-state index contributed by atoms with van der Waals surface area (Å²) >= 11 is 1.27. The molecule has 0 radical (unpaired) electrons. The SMILES string of the molecule is O=S(=O)(O)O.[S]=[Sc]. The summed E-state index contributed by atoms with van der Waals surface area (Å²) in [5, 5.41) is 0. The Bertz CT molecular complexity index is 104. The van der Waals surface area contributed by atoms with Crippen molar-refractivity contribution in [2.45, 2.75) is 0 Å². The second kappa shape index (κ2) is 5.10. The Morgan fingerprint density at radius 3 is 1.29 bits per heavy atom. The van der Waals surface area contributed by atoms with Crippen LogP contribution in [0.2, 0.25) is 0 Å². The average molecular weight is 175 g/mol. The van der Waals surface area contributed by atoms with E-state index in [-0.39, 0.29) is 0 Å². The van der Waals surface area contributed by atoms with Crippen LogP contribution in [0.3, 0.4) is 0 Å². The number of hydrogen-bond donors (Lipinski definition) is 2. The van der Waals surface area contributed by atoms with Gasteiger partial charge in [-0.15, -0.1) is 0 Å². The summed E-state index contributed by atoms with van der Waals surface area (Å²) in [6, 6.07) is 0. The molecule has 0 aliphatic heterocycles. The van der Waals surface area contributed by atoms with E-state index in [0.29, 0.717) is 0 Å². The molecule has 0 aliphatic carbocycles. The minimum absolute atomic E-state index is 1.27. The van der Waals surface area contributed by atoms with Gasteiger partial charge in [-0.2, -0.15) is 8.42 Å². The zero-order valence-electron chi connectivity index (χ0n) is 3.10. The Kier molecular flexibility index (Phi) is 7.91. The van der Waals surface area contributed by atoms with Crippen LogP contribution >= 0.6 is 8.92 Å². The normalized spacial score (nSPS) is 9.14. The van der Waals surface area contributed by atoms with Gasteiger partial charge in [0.15, 0.2) is 0 Å². The van der Waals surface area contributed by atoms with E-state index in [1.807, 2.05) is 0 Å². The molecule has 2 N–H and O–H groups in total. The molecule has 0 unspecified atom stereocenters. The molecule has 7 heavy (non-hydrogen) atoms. The Balaban J connectivity index is 0. The minimum atomic E-state index is -4.67. The van der Waals surface area contributed by atoms with Gasteiger partial charge in [-0.25, -0.2) is 0 Å². The van der Waals surface area contributed by atoms with Crippen LogP contribution in [0.15, 0.2) is 0 Å². The first-order chi connectivity index (χ1) is 3.00. The van der Waals surface area contributed by atoms with E-state index in [4.69, 9.17) is 17.5 Å². The molecule has 0 aromatic carbocycles. The Labute approximate surface area is 59.0 Å². The molecule has 0 aromatic heterocycles. The number of rotatable bonds is 0. The molecule has 0 saturated carbocycles. The second-order valence-corrected chi connectivity index (χ2v) is 1.34. The van der Waals surface area contributed by atoms with Gasteiger partial charge in [0.2, 0.25) is 0 Å². The van der Waals surface area contributed by atoms with Crippen molar-refractivity contribution in [2.24, 2.45) is 0 Å². The van der Waals surface area contributed by atoms with Gasteiger partial charge >= 0.3 is 41.7 Å². The van der Waals surface area contributed by atoms with Crippen molar-refractivity contribution in [3.63, 3.8) is 0 Å². The molecule has 41 valence electrons. The Morgan fingerprint density at radius 2 is 1.29 bits per heavy atom. The van der Waals surface area contributed by atoms with Crippen LogP contribution in [0.1, 0.15) is 0 Å². The van der Waals surface area contributed by atoms with Crippen LogP contribution in [0, 0.1) is 0 Å². The van der Waals surface area contributed by atoms with Gasteiger partial charge in [-0.1, -0.05) is 0 Å². The van der Waals surface area contributed by atoms with Crippen LogP contribution in [0.4, 0.5) is 0 Å². The van der Waals surface area contributed by atoms with Crippen LogP contribution in [0.25, 0.3) is 0 Å². The summed E-state index contributed by atoms with van der Waals surface area (Å²) in [5.74, 6) is 0. The van der Waals surface area contributed by atoms with Gasteiger partial charge in [-0.3, -0.25) is 9.11 Å². The molecule has 0 saturated heterocycles. The molecular formula is H2O4S2Sc. The van der Waals surface area contributed by atoms with Crippen LogP contribution < -0.4 is 0 Å². The zero-order valence-corrected chi connectivity index (χ0v) is 6.54. The average Bonchev–Trinajstić information content (AvgIpc) is 1.36. The van der Waals surface area contributed by atoms with Gasteiger partial charge in [0.25, 0.3) is 0 Å². The van der Waals surface area contributed by atoms with E-state index in [2.05, 4.69) is 8.92 Å². The first-order valence-electron chi connectivity index (χ1n) is 0.934. The number of hydrogen-bond acceptors (Lipinski definition) is 3. The van der Waals surface area contributed by atoms with Gasteiger partial charge < -0.3 is 0 Å². The van der Waals surface area contributed by atoms with Crippen molar-refractivity contribution in [1.29, 1.82) is 0 Å². The van der Waals surface area contributed by atoms with Crippen molar-refractivity contribution in [3.8, 4) is 0 Å². The van der Waals surface area contributed by atoms with Crippen molar-refractivity contribution in [1.82, 2.24) is 0 Å². The van der Waals surface area contributed by atoms with E-state index < -0.39 is 10.4 Å². The van der Waals surface area contributed by atoms with Crippen LogP contribution in [-0.2, 0) is 32.7 Å². The summed E-state index contributed by atoms with van der Waals surface area (Å²) in [7, 11) is -0.521. The summed E-state index contributed by atoms with van der Waals surface area (Å²) in [6.45, 7) is 0. The van der Waals surface area contributed by atoms with E-state index in [1.54, 1.807) is 0 Å². The van der Waals surface area contributed by atoms with Crippen molar-refractivity contribution >= 4 is 19.3 Å². The van der Waals surface area contributed by atoms with Crippen molar-refractivity contribution in [3.05, 3.63) is 0 Å². The predicted octanol–water partition coefficient (Wildman–Crippen LogP) is -0.00710.